The summed E-state index contributed by atoms with van der Waals surface area (Å²) in [6.07, 6.45) is 18.7. The van der Waals surface area contributed by atoms with Gasteiger partial charge in [0.25, 0.3) is 0 Å². The highest BCUT2D eigenvalue weighted by Gasteiger charge is 2.47. The first-order valence-electron chi connectivity index (χ1n) is 9.79. The van der Waals surface area contributed by atoms with Crippen molar-refractivity contribution >= 4 is 0 Å². The number of hydrogen-bond acceptors (Lipinski definition) is 2. The van der Waals surface area contributed by atoms with Gasteiger partial charge in [0.2, 0.25) is 0 Å². The van der Waals surface area contributed by atoms with E-state index in [-0.39, 0.29) is 0 Å². The van der Waals surface area contributed by atoms with Gasteiger partial charge in [0.15, 0.2) is 0 Å². The van der Waals surface area contributed by atoms with Gasteiger partial charge in [0.05, 0.1) is 0 Å². The molecule has 2 nitrogen and oxygen atoms in total. The summed E-state index contributed by atoms with van der Waals surface area (Å²) in [6.45, 7) is 6.31. The van der Waals surface area contributed by atoms with E-state index in [1.807, 2.05) is 0 Å². The van der Waals surface area contributed by atoms with Crippen molar-refractivity contribution in [3.8, 4) is 0 Å². The number of piperazine rings is 1. The van der Waals surface area contributed by atoms with Gasteiger partial charge in [-0.2, -0.15) is 0 Å². The molecule has 0 aromatic carbocycles. The van der Waals surface area contributed by atoms with E-state index in [2.05, 4.69) is 17.1 Å². The van der Waals surface area contributed by atoms with Crippen molar-refractivity contribution in [1.82, 2.24) is 10.2 Å². The highest BCUT2D eigenvalue weighted by molar-refractivity contribution is 5.07. The van der Waals surface area contributed by atoms with Gasteiger partial charge >= 0.3 is 0 Å². The first kappa shape index (κ1) is 15.8. The van der Waals surface area contributed by atoms with Crippen LogP contribution in [0.2, 0.25) is 0 Å². The quantitative estimate of drug-likeness (QED) is 0.768. The molecule has 2 aliphatic carbocycles. The van der Waals surface area contributed by atoms with Gasteiger partial charge in [-0.25, -0.2) is 0 Å². The van der Waals surface area contributed by atoms with Crippen LogP contribution in [0.3, 0.4) is 0 Å². The molecule has 2 spiro atoms. The standard InChI is InChI=1S/C19H36N2/c1-2-3-10-15-21-17-18(11-6-4-7-12-18)20-16-19(21)13-8-5-9-14-19/h20H,2-17H2,1H3. The fourth-order valence-electron chi connectivity index (χ4n) is 5.19. The molecule has 0 aromatic rings. The van der Waals surface area contributed by atoms with Crippen LogP contribution in [0.1, 0.15) is 90.4 Å². The first-order chi connectivity index (χ1) is 10.3. The molecule has 1 N–H and O–H groups in total. The molecular weight excluding hydrogens is 256 g/mol. The average Bonchev–Trinajstić information content (AvgIpc) is 2.53. The molecule has 3 aliphatic rings. The molecule has 0 atom stereocenters. The third kappa shape index (κ3) is 3.47. The van der Waals surface area contributed by atoms with Crippen LogP contribution in [-0.4, -0.2) is 35.6 Å². The van der Waals surface area contributed by atoms with Gasteiger partial charge in [0, 0.05) is 24.2 Å². The topological polar surface area (TPSA) is 15.3 Å². The summed E-state index contributed by atoms with van der Waals surface area (Å²) >= 11 is 0. The molecule has 1 heterocycles. The van der Waals surface area contributed by atoms with Crippen LogP contribution < -0.4 is 5.32 Å². The molecule has 3 rings (SSSR count). The van der Waals surface area contributed by atoms with Crippen LogP contribution in [0, 0.1) is 0 Å². The Labute approximate surface area is 132 Å². The lowest BCUT2D eigenvalue weighted by Crippen LogP contribution is -2.70. The monoisotopic (exact) mass is 292 g/mol. The lowest BCUT2D eigenvalue weighted by molar-refractivity contribution is -0.0304. The Bertz CT molecular complexity index is 314. The molecule has 1 aliphatic heterocycles. The normalized spacial score (nSPS) is 29.0. The largest absolute Gasteiger partial charge is 0.308 e. The van der Waals surface area contributed by atoms with E-state index < -0.39 is 0 Å². The summed E-state index contributed by atoms with van der Waals surface area (Å²) < 4.78 is 0. The number of nitrogens with one attached hydrogen (secondary N) is 1. The lowest BCUT2D eigenvalue weighted by Gasteiger charge is -2.57. The Balaban J connectivity index is 1.69. The molecule has 0 radical (unpaired) electrons. The maximum Gasteiger partial charge on any atom is 0.0334 e. The Morgan fingerprint density at radius 2 is 1.52 bits per heavy atom. The highest BCUT2D eigenvalue weighted by atomic mass is 15.3. The average molecular weight is 293 g/mol. The van der Waals surface area contributed by atoms with Crippen molar-refractivity contribution in [1.29, 1.82) is 0 Å². The van der Waals surface area contributed by atoms with Crippen LogP contribution in [0.5, 0.6) is 0 Å². The Morgan fingerprint density at radius 1 is 0.857 bits per heavy atom. The second-order valence-electron chi connectivity index (χ2n) is 8.11. The van der Waals surface area contributed by atoms with E-state index >= 15 is 0 Å². The fourth-order valence-corrected chi connectivity index (χ4v) is 5.19. The third-order valence-corrected chi connectivity index (χ3v) is 6.58. The second kappa shape index (κ2) is 7.00. The molecule has 2 saturated carbocycles. The van der Waals surface area contributed by atoms with E-state index in [4.69, 9.17) is 0 Å². The van der Waals surface area contributed by atoms with Gasteiger partial charge in [-0.3, -0.25) is 4.90 Å². The predicted molar refractivity (Wildman–Crippen MR) is 90.7 cm³/mol. The zero-order valence-corrected chi connectivity index (χ0v) is 14.3. The van der Waals surface area contributed by atoms with Gasteiger partial charge in [0.1, 0.15) is 0 Å². The minimum Gasteiger partial charge on any atom is -0.308 e. The van der Waals surface area contributed by atoms with E-state index in [0.717, 1.165) is 0 Å². The minimum absolute atomic E-state index is 0.479. The highest BCUT2D eigenvalue weighted by Crippen LogP contribution is 2.41. The first-order valence-corrected chi connectivity index (χ1v) is 9.79. The maximum absolute atomic E-state index is 4.07. The molecule has 3 fully saturated rings. The molecule has 122 valence electrons. The smallest absolute Gasteiger partial charge is 0.0334 e. The summed E-state index contributed by atoms with van der Waals surface area (Å²) in [5.74, 6) is 0. The summed E-state index contributed by atoms with van der Waals surface area (Å²) in [5, 5.41) is 4.07. The van der Waals surface area contributed by atoms with Crippen LogP contribution in [-0.2, 0) is 0 Å². The van der Waals surface area contributed by atoms with Crippen LogP contribution in [0.25, 0.3) is 0 Å². The summed E-state index contributed by atoms with van der Waals surface area (Å²) in [5.41, 5.74) is 1.00. The molecule has 0 unspecified atom stereocenters. The number of unbranched alkanes of at least 4 members (excludes halogenated alkanes) is 2. The summed E-state index contributed by atoms with van der Waals surface area (Å²) in [6, 6.07) is 0. The van der Waals surface area contributed by atoms with E-state index in [1.165, 1.54) is 103 Å². The number of rotatable bonds is 4. The number of hydrogen-bond donors (Lipinski definition) is 1. The van der Waals surface area contributed by atoms with Gasteiger partial charge < -0.3 is 5.32 Å². The zero-order valence-electron chi connectivity index (χ0n) is 14.3. The van der Waals surface area contributed by atoms with Crippen molar-refractivity contribution < 1.29 is 0 Å². The van der Waals surface area contributed by atoms with Gasteiger partial charge in [-0.1, -0.05) is 58.3 Å². The molecule has 0 aromatic heterocycles. The van der Waals surface area contributed by atoms with Crippen molar-refractivity contribution in [3.63, 3.8) is 0 Å². The molecule has 1 saturated heterocycles. The molecule has 21 heavy (non-hydrogen) atoms. The lowest BCUT2D eigenvalue weighted by atomic mass is 9.72. The predicted octanol–water partition coefficient (Wildman–Crippen LogP) is 4.49. The van der Waals surface area contributed by atoms with E-state index in [1.54, 1.807) is 0 Å². The van der Waals surface area contributed by atoms with Crippen molar-refractivity contribution in [2.75, 3.05) is 19.6 Å². The Kier molecular flexibility index (Phi) is 5.27. The van der Waals surface area contributed by atoms with Crippen LogP contribution >= 0.6 is 0 Å². The van der Waals surface area contributed by atoms with Crippen molar-refractivity contribution in [2.24, 2.45) is 0 Å². The molecule has 2 heteroatoms. The third-order valence-electron chi connectivity index (χ3n) is 6.58. The molecule has 0 bridgehead atoms. The minimum atomic E-state index is 0.479. The summed E-state index contributed by atoms with van der Waals surface area (Å²) in [7, 11) is 0. The van der Waals surface area contributed by atoms with Crippen LogP contribution in [0.4, 0.5) is 0 Å². The molecular formula is C19H36N2. The second-order valence-corrected chi connectivity index (χ2v) is 8.11. The molecule has 0 amide bonds. The number of nitrogens with zero attached hydrogens (tertiary/aromatic N) is 1. The fraction of sp³-hybridized carbons (Fsp3) is 1.00. The van der Waals surface area contributed by atoms with Crippen molar-refractivity contribution in [3.05, 3.63) is 0 Å². The van der Waals surface area contributed by atoms with Crippen LogP contribution in [0.15, 0.2) is 0 Å². The SMILES string of the molecule is CCCCCN1CC2(CCCCC2)NCC12CCCCC2. The zero-order chi connectivity index (χ0) is 14.6. The van der Waals surface area contributed by atoms with Gasteiger partial charge in [-0.05, 0) is 38.6 Å². The Hall–Kier alpha value is -0.0800. The van der Waals surface area contributed by atoms with E-state index in [9.17, 15) is 0 Å². The van der Waals surface area contributed by atoms with E-state index in [0.29, 0.717) is 11.1 Å². The Morgan fingerprint density at radius 3 is 2.19 bits per heavy atom. The van der Waals surface area contributed by atoms with Crippen molar-refractivity contribution in [2.45, 2.75) is 101 Å². The van der Waals surface area contributed by atoms with Gasteiger partial charge in [-0.15, -0.1) is 0 Å². The summed E-state index contributed by atoms with van der Waals surface area (Å²) in [4.78, 5) is 2.96. The maximum atomic E-state index is 4.07.